The average Bonchev–Trinajstić information content (AvgIpc) is 3.33. The van der Waals surface area contributed by atoms with E-state index in [1.165, 1.54) is 0 Å². The molecule has 1 atom stereocenters. The van der Waals surface area contributed by atoms with Crippen LogP contribution in [0.2, 0.25) is 5.02 Å². The molecule has 1 aromatic carbocycles. The van der Waals surface area contributed by atoms with Crippen LogP contribution in [0.3, 0.4) is 0 Å². The van der Waals surface area contributed by atoms with E-state index in [2.05, 4.69) is 9.55 Å². The molecule has 0 bridgehead atoms. The van der Waals surface area contributed by atoms with Crippen molar-refractivity contribution < 1.29 is 9.53 Å². The topological polar surface area (TPSA) is 60.2 Å². The molecule has 2 aromatic heterocycles. The Morgan fingerprint density at radius 3 is 2.89 bits per heavy atom. The molecule has 7 heteroatoms. The van der Waals surface area contributed by atoms with Crippen molar-refractivity contribution in [3.63, 3.8) is 0 Å². The zero-order valence-corrected chi connectivity index (χ0v) is 16.6. The standard InChI is InChI=1S/C21H23ClN4O2/c1-28-11-10-26-19-13-23-8-6-18(19)24-21(26)16-7-9-25(14-16)20(27)12-15-2-4-17(22)5-3-15/h2-6,8,13,16H,7,9-12,14H2,1H3. The van der Waals surface area contributed by atoms with Crippen LogP contribution in [0.1, 0.15) is 23.7 Å². The second-order valence-electron chi connectivity index (χ2n) is 7.11. The van der Waals surface area contributed by atoms with Crippen molar-refractivity contribution >= 4 is 28.5 Å². The first-order valence-corrected chi connectivity index (χ1v) is 9.85. The van der Waals surface area contributed by atoms with E-state index in [0.29, 0.717) is 24.6 Å². The minimum Gasteiger partial charge on any atom is -0.383 e. The highest BCUT2D eigenvalue weighted by Crippen LogP contribution is 2.29. The number of nitrogens with zero attached hydrogens (tertiary/aromatic N) is 4. The van der Waals surface area contributed by atoms with Gasteiger partial charge in [-0.2, -0.15) is 0 Å². The minimum absolute atomic E-state index is 0.144. The Balaban J connectivity index is 1.50. The summed E-state index contributed by atoms with van der Waals surface area (Å²) < 4.78 is 7.46. The van der Waals surface area contributed by atoms with Gasteiger partial charge in [-0.25, -0.2) is 4.98 Å². The van der Waals surface area contributed by atoms with E-state index in [1.54, 1.807) is 13.3 Å². The number of ether oxygens (including phenoxy) is 1. The van der Waals surface area contributed by atoms with Gasteiger partial charge in [0, 0.05) is 43.9 Å². The van der Waals surface area contributed by atoms with Crippen molar-refractivity contribution in [3.05, 3.63) is 59.1 Å². The number of hydrogen-bond acceptors (Lipinski definition) is 4. The summed E-state index contributed by atoms with van der Waals surface area (Å²) in [6.07, 6.45) is 4.92. The predicted octanol–water partition coefficient (Wildman–Crippen LogP) is 3.29. The number of amides is 1. The predicted molar refractivity (Wildman–Crippen MR) is 108 cm³/mol. The molecule has 1 saturated heterocycles. The van der Waals surface area contributed by atoms with Crippen molar-refractivity contribution in [3.8, 4) is 0 Å². The molecule has 3 aromatic rings. The van der Waals surface area contributed by atoms with E-state index >= 15 is 0 Å². The number of likely N-dealkylation sites (tertiary alicyclic amines) is 1. The van der Waals surface area contributed by atoms with E-state index in [4.69, 9.17) is 21.3 Å². The van der Waals surface area contributed by atoms with Crippen LogP contribution in [-0.2, 0) is 22.5 Å². The maximum absolute atomic E-state index is 12.7. The molecule has 1 aliphatic heterocycles. The van der Waals surface area contributed by atoms with E-state index in [-0.39, 0.29) is 11.8 Å². The fourth-order valence-corrected chi connectivity index (χ4v) is 3.93. The van der Waals surface area contributed by atoms with Gasteiger partial charge in [0.15, 0.2) is 0 Å². The second-order valence-corrected chi connectivity index (χ2v) is 7.54. The fourth-order valence-electron chi connectivity index (χ4n) is 3.80. The summed E-state index contributed by atoms with van der Waals surface area (Å²) >= 11 is 5.93. The Kier molecular flexibility index (Phi) is 5.59. The first kappa shape index (κ1) is 18.9. The molecular weight excluding hydrogens is 376 g/mol. The number of carbonyl (C=O) groups is 1. The van der Waals surface area contributed by atoms with E-state index in [9.17, 15) is 4.79 Å². The molecule has 28 heavy (non-hydrogen) atoms. The molecule has 0 aliphatic carbocycles. The average molecular weight is 399 g/mol. The van der Waals surface area contributed by atoms with Crippen LogP contribution >= 0.6 is 11.6 Å². The van der Waals surface area contributed by atoms with Gasteiger partial charge in [-0.15, -0.1) is 0 Å². The number of hydrogen-bond donors (Lipinski definition) is 0. The van der Waals surface area contributed by atoms with Gasteiger partial charge in [-0.05, 0) is 30.2 Å². The van der Waals surface area contributed by atoms with Gasteiger partial charge in [0.05, 0.1) is 30.3 Å². The number of pyridine rings is 1. The molecule has 0 N–H and O–H groups in total. The Morgan fingerprint density at radius 2 is 2.11 bits per heavy atom. The molecule has 0 radical (unpaired) electrons. The van der Waals surface area contributed by atoms with Crippen LogP contribution in [-0.4, -0.2) is 52.1 Å². The summed E-state index contributed by atoms with van der Waals surface area (Å²) in [5.41, 5.74) is 2.93. The molecule has 3 heterocycles. The van der Waals surface area contributed by atoms with Gasteiger partial charge in [-0.3, -0.25) is 9.78 Å². The third-order valence-electron chi connectivity index (χ3n) is 5.27. The number of imidazole rings is 1. The van der Waals surface area contributed by atoms with Gasteiger partial charge in [0.1, 0.15) is 5.82 Å². The minimum atomic E-state index is 0.144. The number of benzene rings is 1. The summed E-state index contributed by atoms with van der Waals surface area (Å²) in [4.78, 5) is 23.8. The molecule has 0 saturated carbocycles. The van der Waals surface area contributed by atoms with Crippen LogP contribution in [0.5, 0.6) is 0 Å². The Morgan fingerprint density at radius 1 is 1.29 bits per heavy atom. The number of rotatable bonds is 6. The molecule has 4 rings (SSSR count). The van der Waals surface area contributed by atoms with Gasteiger partial charge in [0.2, 0.25) is 5.91 Å². The summed E-state index contributed by atoms with van der Waals surface area (Å²) in [6.45, 7) is 2.78. The second kappa shape index (κ2) is 8.29. The first-order chi connectivity index (χ1) is 13.7. The summed E-state index contributed by atoms with van der Waals surface area (Å²) in [6, 6.07) is 9.39. The van der Waals surface area contributed by atoms with Crippen LogP contribution in [0, 0.1) is 0 Å². The quantitative estimate of drug-likeness (QED) is 0.639. The molecule has 0 spiro atoms. The zero-order chi connectivity index (χ0) is 19.5. The van der Waals surface area contributed by atoms with Crippen molar-refractivity contribution in [1.82, 2.24) is 19.4 Å². The number of methoxy groups -OCH3 is 1. The summed E-state index contributed by atoms with van der Waals surface area (Å²) in [7, 11) is 1.70. The number of fused-ring (bicyclic) bond motifs is 1. The molecule has 1 aliphatic rings. The van der Waals surface area contributed by atoms with Crippen molar-refractivity contribution in [1.29, 1.82) is 0 Å². The number of halogens is 1. The lowest BCUT2D eigenvalue weighted by molar-refractivity contribution is -0.129. The Bertz CT molecular complexity index is 970. The SMILES string of the molecule is COCCn1c(C2CCN(C(=O)Cc3ccc(Cl)cc3)C2)nc2ccncc21. The zero-order valence-electron chi connectivity index (χ0n) is 15.8. The van der Waals surface area contributed by atoms with Crippen LogP contribution in [0.4, 0.5) is 0 Å². The van der Waals surface area contributed by atoms with E-state index < -0.39 is 0 Å². The van der Waals surface area contributed by atoms with Crippen LogP contribution in [0.15, 0.2) is 42.7 Å². The van der Waals surface area contributed by atoms with Gasteiger partial charge >= 0.3 is 0 Å². The Labute approximate surface area is 169 Å². The molecule has 146 valence electrons. The van der Waals surface area contributed by atoms with Gasteiger partial charge in [-0.1, -0.05) is 23.7 Å². The molecule has 1 unspecified atom stereocenters. The maximum Gasteiger partial charge on any atom is 0.227 e. The fraction of sp³-hybridized carbons (Fsp3) is 0.381. The third kappa shape index (κ3) is 3.88. The van der Waals surface area contributed by atoms with Crippen molar-refractivity contribution in [2.24, 2.45) is 0 Å². The lowest BCUT2D eigenvalue weighted by Crippen LogP contribution is -2.30. The normalized spacial score (nSPS) is 16.8. The van der Waals surface area contributed by atoms with Crippen LogP contribution < -0.4 is 0 Å². The lowest BCUT2D eigenvalue weighted by Gasteiger charge is -2.17. The van der Waals surface area contributed by atoms with Crippen LogP contribution in [0.25, 0.3) is 11.0 Å². The highest BCUT2D eigenvalue weighted by Gasteiger charge is 2.30. The maximum atomic E-state index is 12.7. The highest BCUT2D eigenvalue weighted by atomic mass is 35.5. The van der Waals surface area contributed by atoms with Crippen molar-refractivity contribution in [2.75, 3.05) is 26.8 Å². The van der Waals surface area contributed by atoms with E-state index in [1.807, 2.05) is 41.4 Å². The number of aromatic nitrogens is 3. The first-order valence-electron chi connectivity index (χ1n) is 9.47. The van der Waals surface area contributed by atoms with Gasteiger partial charge < -0.3 is 14.2 Å². The lowest BCUT2D eigenvalue weighted by atomic mass is 10.1. The van der Waals surface area contributed by atoms with E-state index in [0.717, 1.165) is 41.9 Å². The molecular formula is C21H23ClN4O2. The highest BCUT2D eigenvalue weighted by molar-refractivity contribution is 6.30. The summed E-state index contributed by atoms with van der Waals surface area (Å²) in [5, 5.41) is 0.682. The van der Waals surface area contributed by atoms with Gasteiger partial charge in [0.25, 0.3) is 0 Å². The largest absolute Gasteiger partial charge is 0.383 e. The van der Waals surface area contributed by atoms with Crippen molar-refractivity contribution in [2.45, 2.75) is 25.3 Å². The summed E-state index contributed by atoms with van der Waals surface area (Å²) in [5.74, 6) is 1.38. The smallest absolute Gasteiger partial charge is 0.227 e. The monoisotopic (exact) mass is 398 g/mol. The third-order valence-corrected chi connectivity index (χ3v) is 5.53. The molecule has 6 nitrogen and oxygen atoms in total. The Hall–Kier alpha value is -2.44. The molecule has 1 fully saturated rings. The molecule has 1 amide bonds. The number of carbonyl (C=O) groups excluding carboxylic acids is 1.